The molecule has 0 atom stereocenters. The van der Waals surface area contributed by atoms with E-state index in [-0.39, 0.29) is 6.10 Å². The zero-order valence-corrected chi connectivity index (χ0v) is 12.1. The highest BCUT2D eigenvalue weighted by Crippen LogP contribution is 2.39. The minimum atomic E-state index is 0.235. The number of hydrogen-bond donors (Lipinski definition) is 1. The molecule has 0 bridgehead atoms. The van der Waals surface area contributed by atoms with Crippen LogP contribution >= 0.6 is 0 Å². The maximum atomic E-state index is 6.21. The summed E-state index contributed by atoms with van der Waals surface area (Å²) in [6.45, 7) is 2.68. The minimum absolute atomic E-state index is 0.235. The van der Waals surface area contributed by atoms with Gasteiger partial charge in [0.1, 0.15) is 11.9 Å². The van der Waals surface area contributed by atoms with Crippen LogP contribution in [-0.4, -0.2) is 32.2 Å². The van der Waals surface area contributed by atoms with Gasteiger partial charge in [-0.1, -0.05) is 0 Å². The standard InChI is InChI=1S/C16H21NO4/c1-2-12(1)17-9-11-7-15-16(20-10-19-15)8-14(11)21-13-3-5-18-6-4-13/h7-8,12-13,17H,1-6,9-10H2. The van der Waals surface area contributed by atoms with E-state index in [1.807, 2.05) is 12.1 Å². The van der Waals surface area contributed by atoms with E-state index in [0.717, 1.165) is 55.4 Å². The number of ether oxygens (including phenoxy) is 4. The largest absolute Gasteiger partial charge is 0.490 e. The second-order valence-corrected chi connectivity index (χ2v) is 5.90. The molecule has 5 heteroatoms. The molecule has 0 unspecified atom stereocenters. The van der Waals surface area contributed by atoms with Crippen molar-refractivity contribution in [1.29, 1.82) is 0 Å². The Morgan fingerprint density at radius 2 is 1.81 bits per heavy atom. The van der Waals surface area contributed by atoms with Gasteiger partial charge in [0.2, 0.25) is 6.79 Å². The molecule has 114 valence electrons. The van der Waals surface area contributed by atoms with E-state index in [2.05, 4.69) is 5.32 Å². The molecule has 2 heterocycles. The van der Waals surface area contributed by atoms with Crippen LogP contribution in [0.25, 0.3) is 0 Å². The molecule has 1 saturated heterocycles. The molecule has 2 aliphatic heterocycles. The van der Waals surface area contributed by atoms with E-state index in [0.29, 0.717) is 12.8 Å². The lowest BCUT2D eigenvalue weighted by Gasteiger charge is -2.24. The third-order valence-electron chi connectivity index (χ3n) is 4.18. The molecule has 1 N–H and O–H groups in total. The summed E-state index contributed by atoms with van der Waals surface area (Å²) in [6.07, 6.45) is 4.69. The van der Waals surface area contributed by atoms with E-state index in [1.165, 1.54) is 12.8 Å². The van der Waals surface area contributed by atoms with E-state index in [9.17, 15) is 0 Å². The van der Waals surface area contributed by atoms with Crippen LogP contribution in [-0.2, 0) is 11.3 Å². The predicted octanol–water partition coefficient (Wildman–Crippen LogP) is 2.23. The lowest BCUT2D eigenvalue weighted by atomic mass is 10.1. The van der Waals surface area contributed by atoms with Gasteiger partial charge >= 0.3 is 0 Å². The molecule has 1 aromatic carbocycles. The Labute approximate surface area is 124 Å². The quantitative estimate of drug-likeness (QED) is 0.901. The van der Waals surface area contributed by atoms with Gasteiger partial charge in [0.25, 0.3) is 0 Å². The SMILES string of the molecule is c1c(CNC2CC2)c(OC2CCOCC2)cc2c1OCO2. The molecule has 4 rings (SSSR count). The van der Waals surface area contributed by atoms with Crippen LogP contribution in [0.1, 0.15) is 31.2 Å². The topological polar surface area (TPSA) is 49.0 Å². The van der Waals surface area contributed by atoms with Crippen LogP contribution in [0.4, 0.5) is 0 Å². The number of rotatable bonds is 5. The Kier molecular flexibility index (Phi) is 3.61. The normalized spacial score (nSPS) is 21.5. The van der Waals surface area contributed by atoms with Gasteiger partial charge in [-0.2, -0.15) is 0 Å². The van der Waals surface area contributed by atoms with Crippen molar-refractivity contribution >= 4 is 0 Å². The van der Waals surface area contributed by atoms with Crippen LogP contribution in [0.15, 0.2) is 12.1 Å². The van der Waals surface area contributed by atoms with Gasteiger partial charge in [-0.05, 0) is 18.9 Å². The molecule has 1 aromatic rings. The highest BCUT2D eigenvalue weighted by molar-refractivity contribution is 5.52. The highest BCUT2D eigenvalue weighted by atomic mass is 16.7. The summed E-state index contributed by atoms with van der Waals surface area (Å²) in [7, 11) is 0. The van der Waals surface area contributed by atoms with E-state index in [1.54, 1.807) is 0 Å². The van der Waals surface area contributed by atoms with Crippen LogP contribution in [0.3, 0.4) is 0 Å². The molecule has 5 nitrogen and oxygen atoms in total. The number of benzene rings is 1. The molecule has 1 saturated carbocycles. The maximum Gasteiger partial charge on any atom is 0.231 e. The Hall–Kier alpha value is -1.46. The van der Waals surface area contributed by atoms with Gasteiger partial charge in [0.05, 0.1) is 13.2 Å². The second-order valence-electron chi connectivity index (χ2n) is 5.90. The van der Waals surface area contributed by atoms with Gasteiger partial charge in [0, 0.05) is 37.1 Å². The number of nitrogens with one attached hydrogen (secondary N) is 1. The van der Waals surface area contributed by atoms with Gasteiger partial charge in [0.15, 0.2) is 11.5 Å². The summed E-state index contributed by atoms with van der Waals surface area (Å²) < 4.78 is 22.6. The van der Waals surface area contributed by atoms with Crippen LogP contribution in [0, 0.1) is 0 Å². The second kappa shape index (κ2) is 5.73. The summed E-state index contributed by atoms with van der Waals surface area (Å²) in [5.74, 6) is 2.52. The molecule has 0 radical (unpaired) electrons. The fraction of sp³-hybridized carbons (Fsp3) is 0.625. The summed E-state index contributed by atoms with van der Waals surface area (Å²) >= 11 is 0. The summed E-state index contributed by atoms with van der Waals surface area (Å²) in [5.41, 5.74) is 1.15. The van der Waals surface area contributed by atoms with Crippen molar-refractivity contribution in [3.8, 4) is 17.2 Å². The molecule has 2 fully saturated rings. The first-order chi connectivity index (χ1) is 10.4. The van der Waals surface area contributed by atoms with Gasteiger partial charge in [-0.15, -0.1) is 0 Å². The summed E-state index contributed by atoms with van der Waals surface area (Å²) in [5, 5.41) is 3.54. The van der Waals surface area contributed by atoms with E-state index < -0.39 is 0 Å². The predicted molar refractivity (Wildman–Crippen MR) is 76.9 cm³/mol. The highest BCUT2D eigenvalue weighted by Gasteiger charge is 2.24. The zero-order chi connectivity index (χ0) is 14.1. The van der Waals surface area contributed by atoms with Crippen molar-refractivity contribution < 1.29 is 18.9 Å². The molecule has 0 amide bonds. The Balaban J connectivity index is 1.53. The molecule has 0 aromatic heterocycles. The Morgan fingerprint density at radius 3 is 2.57 bits per heavy atom. The average molecular weight is 291 g/mol. The number of fused-ring (bicyclic) bond motifs is 1. The van der Waals surface area contributed by atoms with Crippen molar-refractivity contribution in [1.82, 2.24) is 5.32 Å². The average Bonchev–Trinajstić information content (AvgIpc) is 3.23. The molecule has 1 aliphatic carbocycles. The third-order valence-corrected chi connectivity index (χ3v) is 4.18. The summed E-state index contributed by atoms with van der Waals surface area (Å²) in [4.78, 5) is 0. The first kappa shape index (κ1) is 13.2. The number of hydrogen-bond acceptors (Lipinski definition) is 5. The molecular weight excluding hydrogens is 270 g/mol. The van der Waals surface area contributed by atoms with E-state index >= 15 is 0 Å². The first-order valence-electron chi connectivity index (χ1n) is 7.79. The summed E-state index contributed by atoms with van der Waals surface area (Å²) in [6, 6.07) is 4.69. The molecule has 21 heavy (non-hydrogen) atoms. The fourth-order valence-corrected chi connectivity index (χ4v) is 2.73. The lowest BCUT2D eigenvalue weighted by molar-refractivity contribution is 0.0251. The van der Waals surface area contributed by atoms with Crippen molar-refractivity contribution in [3.63, 3.8) is 0 Å². The lowest BCUT2D eigenvalue weighted by Crippen LogP contribution is -2.26. The van der Waals surface area contributed by atoms with Crippen LogP contribution in [0.5, 0.6) is 17.2 Å². The molecular formula is C16H21NO4. The third kappa shape index (κ3) is 3.09. The van der Waals surface area contributed by atoms with E-state index in [4.69, 9.17) is 18.9 Å². The Bertz CT molecular complexity index is 509. The Morgan fingerprint density at radius 1 is 1.05 bits per heavy atom. The minimum Gasteiger partial charge on any atom is -0.490 e. The van der Waals surface area contributed by atoms with Crippen LogP contribution in [0.2, 0.25) is 0 Å². The van der Waals surface area contributed by atoms with Crippen molar-refractivity contribution in [2.75, 3.05) is 20.0 Å². The first-order valence-corrected chi connectivity index (χ1v) is 7.79. The van der Waals surface area contributed by atoms with Gasteiger partial charge in [-0.25, -0.2) is 0 Å². The molecule has 0 spiro atoms. The fourth-order valence-electron chi connectivity index (χ4n) is 2.73. The van der Waals surface area contributed by atoms with Crippen molar-refractivity contribution in [2.24, 2.45) is 0 Å². The van der Waals surface area contributed by atoms with Crippen molar-refractivity contribution in [2.45, 2.75) is 44.4 Å². The maximum absolute atomic E-state index is 6.21. The van der Waals surface area contributed by atoms with Crippen LogP contribution < -0.4 is 19.5 Å². The molecule has 3 aliphatic rings. The van der Waals surface area contributed by atoms with Gasteiger partial charge < -0.3 is 24.3 Å². The van der Waals surface area contributed by atoms with Crippen molar-refractivity contribution in [3.05, 3.63) is 17.7 Å². The zero-order valence-electron chi connectivity index (χ0n) is 12.1. The monoisotopic (exact) mass is 291 g/mol. The van der Waals surface area contributed by atoms with Gasteiger partial charge in [-0.3, -0.25) is 0 Å². The smallest absolute Gasteiger partial charge is 0.231 e.